The van der Waals surface area contributed by atoms with Crippen LogP contribution in [0.5, 0.6) is 5.75 Å². The van der Waals surface area contributed by atoms with E-state index in [2.05, 4.69) is 16.1 Å². The van der Waals surface area contributed by atoms with Crippen molar-refractivity contribution < 1.29 is 32.6 Å². The highest BCUT2D eigenvalue weighted by atomic mass is 32.1. The van der Waals surface area contributed by atoms with Gasteiger partial charge in [0.2, 0.25) is 0 Å². The van der Waals surface area contributed by atoms with Crippen molar-refractivity contribution in [1.29, 1.82) is 0 Å². The lowest BCUT2D eigenvalue weighted by Gasteiger charge is -2.24. The molecule has 2 aromatic carbocycles. The minimum atomic E-state index is -4.83. The molecule has 5 nitrogen and oxygen atoms in total. The van der Waals surface area contributed by atoms with E-state index < -0.39 is 24.0 Å². The number of aromatic carboxylic acids is 1. The Bertz CT molecular complexity index is 1150. The first kappa shape index (κ1) is 21.9. The van der Waals surface area contributed by atoms with Crippen LogP contribution in [0.2, 0.25) is 0 Å². The fourth-order valence-corrected chi connectivity index (χ4v) is 4.96. The summed E-state index contributed by atoms with van der Waals surface area (Å²) in [4.78, 5) is 24.6. The van der Waals surface area contributed by atoms with Crippen molar-refractivity contribution in [2.75, 3.05) is 5.32 Å². The minimum Gasteiger partial charge on any atom is -0.478 e. The fraction of sp³-hybridized carbons (Fsp3) is 0.217. The van der Waals surface area contributed by atoms with Crippen LogP contribution in [0.25, 0.3) is 0 Å². The Morgan fingerprint density at radius 2 is 1.75 bits per heavy atom. The van der Waals surface area contributed by atoms with Crippen LogP contribution in [0.1, 0.15) is 49.7 Å². The third-order valence-corrected chi connectivity index (χ3v) is 6.31. The molecule has 4 rings (SSSR count). The molecule has 1 aliphatic rings. The number of rotatable bonds is 5. The van der Waals surface area contributed by atoms with Gasteiger partial charge in [-0.05, 0) is 71.5 Å². The number of thiophene rings is 1. The van der Waals surface area contributed by atoms with Crippen molar-refractivity contribution in [2.45, 2.75) is 31.5 Å². The first-order chi connectivity index (χ1) is 15.2. The number of benzene rings is 2. The van der Waals surface area contributed by atoms with Gasteiger partial charge in [0.1, 0.15) is 10.8 Å². The van der Waals surface area contributed by atoms with Gasteiger partial charge in [-0.2, -0.15) is 0 Å². The molecule has 0 saturated carbocycles. The zero-order chi connectivity index (χ0) is 22.9. The van der Waals surface area contributed by atoms with E-state index in [4.69, 9.17) is 0 Å². The van der Waals surface area contributed by atoms with E-state index in [-0.39, 0.29) is 22.0 Å². The van der Waals surface area contributed by atoms with Gasteiger partial charge >= 0.3 is 12.3 Å². The number of carbonyl (C=O) groups excluding carboxylic acids is 1. The van der Waals surface area contributed by atoms with E-state index >= 15 is 0 Å². The van der Waals surface area contributed by atoms with Gasteiger partial charge in [0.15, 0.2) is 0 Å². The highest BCUT2D eigenvalue weighted by Crippen LogP contribution is 2.40. The molecule has 1 aliphatic carbocycles. The first-order valence-electron chi connectivity index (χ1n) is 9.80. The summed E-state index contributed by atoms with van der Waals surface area (Å²) in [6, 6.07) is 12.5. The highest BCUT2D eigenvalue weighted by molar-refractivity contribution is 7.15. The summed E-state index contributed by atoms with van der Waals surface area (Å²) in [5, 5.41) is 14.4. The maximum atomic E-state index is 12.6. The van der Waals surface area contributed by atoms with Crippen molar-refractivity contribution in [1.82, 2.24) is 0 Å². The summed E-state index contributed by atoms with van der Waals surface area (Å²) < 4.78 is 40.7. The smallest absolute Gasteiger partial charge is 0.478 e. The lowest BCUT2D eigenvalue weighted by atomic mass is 9.80. The largest absolute Gasteiger partial charge is 0.573 e. The molecule has 1 aromatic heterocycles. The van der Waals surface area contributed by atoms with Crippen LogP contribution in [0.3, 0.4) is 0 Å². The average Bonchev–Trinajstić information content (AvgIpc) is 3.16. The molecule has 0 spiro atoms. The van der Waals surface area contributed by atoms with Crippen LogP contribution >= 0.6 is 11.3 Å². The van der Waals surface area contributed by atoms with Gasteiger partial charge in [0.05, 0.1) is 5.56 Å². The number of fused-ring (bicyclic) bond motifs is 1. The predicted molar refractivity (Wildman–Crippen MR) is 114 cm³/mol. The lowest BCUT2D eigenvalue weighted by molar-refractivity contribution is -0.274. The van der Waals surface area contributed by atoms with Crippen molar-refractivity contribution >= 4 is 28.2 Å². The number of hydrogen-bond donors (Lipinski definition) is 2. The Labute approximate surface area is 185 Å². The molecule has 0 aliphatic heterocycles. The number of nitrogens with one attached hydrogen (secondary N) is 1. The number of aryl methyl sites for hydroxylation is 1. The highest BCUT2D eigenvalue weighted by Gasteiger charge is 2.31. The van der Waals surface area contributed by atoms with Gasteiger partial charge in [-0.1, -0.05) is 24.3 Å². The second kappa shape index (κ2) is 8.66. The monoisotopic (exact) mass is 461 g/mol. The summed E-state index contributed by atoms with van der Waals surface area (Å²) in [5.41, 5.74) is 3.28. The zero-order valence-corrected chi connectivity index (χ0v) is 17.4. The van der Waals surface area contributed by atoms with Gasteiger partial charge in [0.25, 0.3) is 5.91 Å². The Kier molecular flexibility index (Phi) is 5.92. The quantitative estimate of drug-likeness (QED) is 0.498. The van der Waals surface area contributed by atoms with Gasteiger partial charge in [-0.3, -0.25) is 4.79 Å². The number of carbonyl (C=O) groups is 2. The minimum absolute atomic E-state index is 0.0247. The normalized spacial score (nSPS) is 15.7. The average molecular weight is 461 g/mol. The molecule has 0 radical (unpaired) electrons. The van der Waals surface area contributed by atoms with E-state index in [1.54, 1.807) is 5.38 Å². The Morgan fingerprint density at radius 3 is 2.41 bits per heavy atom. The topological polar surface area (TPSA) is 75.6 Å². The molecule has 0 saturated heterocycles. The molecule has 9 heteroatoms. The number of hydrogen-bond acceptors (Lipinski definition) is 4. The standard InChI is InChI=1S/C23H18F3NO4S/c24-23(25,26)31-17-9-7-14(8-10-17)20(28)27-21-19(22(29)30)18(12-32-21)16-6-5-13-3-1-2-4-15(13)11-16/h1-4,7-10,12,16H,5-6,11H2,(H,27,28)(H,29,30). The molecule has 2 N–H and O–H groups in total. The van der Waals surface area contributed by atoms with Crippen LogP contribution in [-0.4, -0.2) is 23.3 Å². The molecule has 0 bridgehead atoms. The number of ether oxygens (including phenoxy) is 1. The maximum absolute atomic E-state index is 12.6. The van der Waals surface area contributed by atoms with E-state index in [9.17, 15) is 27.9 Å². The number of carboxylic acids is 1. The van der Waals surface area contributed by atoms with E-state index in [1.807, 2.05) is 18.2 Å². The van der Waals surface area contributed by atoms with E-state index in [0.29, 0.717) is 5.56 Å². The first-order valence-corrected chi connectivity index (χ1v) is 10.7. The molecular weight excluding hydrogens is 443 g/mol. The van der Waals surface area contributed by atoms with Gasteiger partial charge in [-0.25, -0.2) is 4.79 Å². The number of carboxylic acid groups (broad SMARTS) is 1. The molecule has 0 fully saturated rings. The molecule has 1 amide bonds. The summed E-state index contributed by atoms with van der Waals surface area (Å²) in [7, 11) is 0. The van der Waals surface area contributed by atoms with Crippen molar-refractivity contribution in [2.24, 2.45) is 0 Å². The molecule has 1 unspecified atom stereocenters. The third kappa shape index (κ3) is 4.77. The van der Waals surface area contributed by atoms with Crippen molar-refractivity contribution in [3.63, 3.8) is 0 Å². The van der Waals surface area contributed by atoms with Crippen LogP contribution in [0.4, 0.5) is 18.2 Å². The zero-order valence-electron chi connectivity index (χ0n) is 16.6. The van der Waals surface area contributed by atoms with Crippen LogP contribution in [0, 0.1) is 0 Å². The second-order valence-corrected chi connectivity index (χ2v) is 8.31. The SMILES string of the molecule is O=C(Nc1scc(C2CCc3ccccc3C2)c1C(=O)O)c1ccc(OC(F)(F)F)cc1. The molecular formula is C23H18F3NO4S. The van der Waals surface area contributed by atoms with Crippen LogP contribution < -0.4 is 10.1 Å². The van der Waals surface area contributed by atoms with Crippen molar-refractivity contribution in [3.05, 3.63) is 81.7 Å². The second-order valence-electron chi connectivity index (χ2n) is 7.44. The van der Waals surface area contributed by atoms with Crippen LogP contribution in [-0.2, 0) is 12.8 Å². The van der Waals surface area contributed by atoms with Gasteiger partial charge in [0, 0.05) is 5.56 Å². The fourth-order valence-electron chi connectivity index (χ4n) is 3.93. The Morgan fingerprint density at radius 1 is 1.06 bits per heavy atom. The summed E-state index contributed by atoms with van der Waals surface area (Å²) >= 11 is 1.13. The number of halogens is 3. The van der Waals surface area contributed by atoms with Crippen LogP contribution in [0.15, 0.2) is 53.9 Å². The molecule has 166 valence electrons. The van der Waals surface area contributed by atoms with E-state index in [0.717, 1.165) is 42.7 Å². The Hall–Kier alpha value is -3.33. The molecule has 3 aromatic rings. The molecule has 1 atom stereocenters. The maximum Gasteiger partial charge on any atom is 0.573 e. The van der Waals surface area contributed by atoms with Gasteiger partial charge in [-0.15, -0.1) is 24.5 Å². The number of alkyl halides is 3. The van der Waals surface area contributed by atoms with Crippen molar-refractivity contribution in [3.8, 4) is 5.75 Å². The summed E-state index contributed by atoms with van der Waals surface area (Å²) in [5.74, 6) is -2.18. The van der Waals surface area contributed by atoms with Gasteiger partial charge < -0.3 is 15.2 Å². The lowest BCUT2D eigenvalue weighted by Crippen LogP contribution is -2.18. The third-order valence-electron chi connectivity index (χ3n) is 5.40. The predicted octanol–water partition coefficient (Wildman–Crippen LogP) is 5.87. The number of amides is 1. The molecule has 1 heterocycles. The number of anilines is 1. The molecule has 32 heavy (non-hydrogen) atoms. The summed E-state index contributed by atoms with van der Waals surface area (Å²) in [6.45, 7) is 0. The Balaban J connectivity index is 1.53. The summed E-state index contributed by atoms with van der Waals surface area (Å²) in [6.07, 6.45) is -2.44. The van der Waals surface area contributed by atoms with E-state index in [1.165, 1.54) is 23.3 Å².